The Balaban J connectivity index is 1.61. The first kappa shape index (κ1) is 16.0. The van der Waals surface area contributed by atoms with Crippen molar-refractivity contribution in [2.24, 2.45) is 0 Å². The number of carbonyl (C=O) groups is 1. The molecule has 1 amide bonds. The molecule has 0 fully saturated rings. The predicted octanol–water partition coefficient (Wildman–Crippen LogP) is 4.47. The summed E-state index contributed by atoms with van der Waals surface area (Å²) in [6.45, 7) is 2.00. The third-order valence-corrected chi connectivity index (χ3v) is 4.33. The molecular weight excluding hydrogens is 326 g/mol. The molecule has 2 heterocycles. The number of amides is 1. The van der Waals surface area contributed by atoms with E-state index in [1.807, 2.05) is 49.4 Å². The summed E-state index contributed by atoms with van der Waals surface area (Å²) in [5.41, 5.74) is 4.90. The van der Waals surface area contributed by atoms with Gasteiger partial charge in [-0.1, -0.05) is 12.1 Å². The molecule has 26 heavy (non-hydrogen) atoms. The quantitative estimate of drug-likeness (QED) is 0.550. The van der Waals surface area contributed by atoms with Crippen LogP contribution in [0.25, 0.3) is 22.6 Å². The van der Waals surface area contributed by atoms with Crippen LogP contribution in [0.4, 0.5) is 5.69 Å². The molecule has 0 atom stereocenters. The SMILES string of the molecule is Cc1cccc2nc(-c3ccc(N(C)C(=O)c4cccnc4)cc3)oc12. The van der Waals surface area contributed by atoms with Crippen molar-refractivity contribution in [2.45, 2.75) is 6.92 Å². The lowest BCUT2D eigenvalue weighted by molar-refractivity contribution is 0.0992. The Morgan fingerprint density at radius 3 is 2.54 bits per heavy atom. The second-order valence-corrected chi connectivity index (χ2v) is 6.09. The molecule has 4 aromatic rings. The Kier molecular flexibility index (Phi) is 3.97. The summed E-state index contributed by atoms with van der Waals surface area (Å²) in [7, 11) is 1.74. The van der Waals surface area contributed by atoms with Gasteiger partial charge in [-0.3, -0.25) is 9.78 Å². The molecule has 0 radical (unpaired) electrons. The molecular formula is C21H17N3O2. The zero-order chi connectivity index (χ0) is 18.1. The third-order valence-electron chi connectivity index (χ3n) is 4.33. The van der Waals surface area contributed by atoms with Crippen LogP contribution in [0.3, 0.4) is 0 Å². The summed E-state index contributed by atoms with van der Waals surface area (Å²) >= 11 is 0. The highest BCUT2D eigenvalue weighted by Crippen LogP contribution is 2.27. The molecule has 0 unspecified atom stereocenters. The number of aromatic nitrogens is 2. The largest absolute Gasteiger partial charge is 0.436 e. The lowest BCUT2D eigenvalue weighted by atomic mass is 10.2. The number of aryl methyl sites for hydroxylation is 1. The predicted molar refractivity (Wildman–Crippen MR) is 101 cm³/mol. The highest BCUT2D eigenvalue weighted by atomic mass is 16.3. The van der Waals surface area contributed by atoms with Gasteiger partial charge in [0.05, 0.1) is 5.56 Å². The molecule has 4 rings (SSSR count). The smallest absolute Gasteiger partial charge is 0.259 e. The first-order valence-corrected chi connectivity index (χ1v) is 8.28. The number of carbonyl (C=O) groups excluding carboxylic acids is 1. The Labute approximate surface area is 150 Å². The molecule has 0 aliphatic carbocycles. The summed E-state index contributed by atoms with van der Waals surface area (Å²) < 4.78 is 5.90. The van der Waals surface area contributed by atoms with Crippen molar-refractivity contribution < 1.29 is 9.21 Å². The van der Waals surface area contributed by atoms with Gasteiger partial charge in [0.2, 0.25) is 5.89 Å². The normalized spacial score (nSPS) is 10.8. The molecule has 0 aliphatic rings. The van der Waals surface area contributed by atoms with E-state index in [4.69, 9.17) is 4.42 Å². The number of hydrogen-bond acceptors (Lipinski definition) is 4. The molecule has 5 nitrogen and oxygen atoms in total. The highest BCUT2D eigenvalue weighted by Gasteiger charge is 2.15. The number of pyridine rings is 1. The van der Waals surface area contributed by atoms with Crippen LogP contribution in [0, 0.1) is 6.92 Å². The maximum atomic E-state index is 12.5. The van der Waals surface area contributed by atoms with Gasteiger partial charge in [-0.25, -0.2) is 4.98 Å². The van der Waals surface area contributed by atoms with Gasteiger partial charge in [0.15, 0.2) is 5.58 Å². The Morgan fingerprint density at radius 1 is 1.04 bits per heavy atom. The summed E-state index contributed by atoms with van der Waals surface area (Å²) in [6.07, 6.45) is 3.21. The topological polar surface area (TPSA) is 59.2 Å². The van der Waals surface area contributed by atoms with E-state index in [9.17, 15) is 4.79 Å². The molecule has 5 heteroatoms. The van der Waals surface area contributed by atoms with Crippen molar-refractivity contribution in [1.29, 1.82) is 0 Å². The van der Waals surface area contributed by atoms with E-state index in [1.165, 1.54) is 0 Å². The number of benzene rings is 2. The molecule has 2 aromatic carbocycles. The number of nitrogens with zero attached hydrogens (tertiary/aromatic N) is 3. The lowest BCUT2D eigenvalue weighted by Gasteiger charge is -2.17. The number of oxazole rings is 1. The van der Waals surface area contributed by atoms with Crippen molar-refractivity contribution in [2.75, 3.05) is 11.9 Å². The summed E-state index contributed by atoms with van der Waals surface area (Å²) in [4.78, 5) is 22.6. The molecule has 0 saturated carbocycles. The van der Waals surface area contributed by atoms with Gasteiger partial charge in [-0.05, 0) is 55.0 Å². The van der Waals surface area contributed by atoms with Gasteiger partial charge in [0.1, 0.15) is 5.52 Å². The van der Waals surface area contributed by atoms with Gasteiger partial charge < -0.3 is 9.32 Å². The molecule has 0 aliphatic heterocycles. The van der Waals surface area contributed by atoms with Crippen molar-refractivity contribution >= 4 is 22.7 Å². The van der Waals surface area contributed by atoms with Gasteiger partial charge in [0.25, 0.3) is 5.91 Å². The Bertz CT molecular complexity index is 1070. The van der Waals surface area contributed by atoms with E-state index < -0.39 is 0 Å². The summed E-state index contributed by atoms with van der Waals surface area (Å²) in [5.74, 6) is 0.463. The standard InChI is InChI=1S/C21H17N3O2/c1-14-5-3-7-18-19(14)26-20(23-18)15-8-10-17(11-9-15)24(2)21(25)16-6-4-12-22-13-16/h3-13H,1-2H3. The molecule has 2 aromatic heterocycles. The average Bonchev–Trinajstić information content (AvgIpc) is 3.13. The molecule has 0 saturated heterocycles. The van der Waals surface area contributed by atoms with Crippen molar-refractivity contribution in [3.8, 4) is 11.5 Å². The van der Waals surface area contributed by atoms with Crippen LogP contribution in [-0.2, 0) is 0 Å². The summed E-state index contributed by atoms with van der Waals surface area (Å²) in [5, 5.41) is 0. The van der Waals surface area contributed by atoms with Gasteiger partial charge in [-0.2, -0.15) is 0 Å². The zero-order valence-electron chi connectivity index (χ0n) is 14.5. The number of fused-ring (bicyclic) bond motifs is 1. The number of para-hydroxylation sites is 1. The first-order chi connectivity index (χ1) is 12.6. The van der Waals surface area contributed by atoms with Crippen molar-refractivity contribution in [1.82, 2.24) is 9.97 Å². The van der Waals surface area contributed by atoms with Gasteiger partial charge in [-0.15, -0.1) is 0 Å². The number of hydrogen-bond donors (Lipinski definition) is 0. The third kappa shape index (κ3) is 2.84. The van der Waals surface area contributed by atoms with E-state index in [1.54, 1.807) is 36.5 Å². The monoisotopic (exact) mass is 343 g/mol. The Morgan fingerprint density at radius 2 is 1.85 bits per heavy atom. The molecule has 128 valence electrons. The molecule has 0 N–H and O–H groups in total. The van der Waals surface area contributed by atoms with Crippen LogP contribution in [0.15, 0.2) is 71.4 Å². The van der Waals surface area contributed by atoms with E-state index >= 15 is 0 Å². The Hall–Kier alpha value is -3.47. The zero-order valence-corrected chi connectivity index (χ0v) is 14.5. The fourth-order valence-corrected chi connectivity index (χ4v) is 2.84. The minimum absolute atomic E-state index is 0.108. The fourth-order valence-electron chi connectivity index (χ4n) is 2.84. The summed E-state index contributed by atoms with van der Waals surface area (Å²) in [6, 6.07) is 17.0. The maximum absolute atomic E-state index is 12.5. The van der Waals surface area contributed by atoms with E-state index in [2.05, 4.69) is 9.97 Å². The van der Waals surface area contributed by atoms with Crippen LogP contribution in [0.5, 0.6) is 0 Å². The minimum atomic E-state index is -0.108. The minimum Gasteiger partial charge on any atom is -0.436 e. The van der Waals surface area contributed by atoms with Crippen LogP contribution in [-0.4, -0.2) is 22.9 Å². The fraction of sp³-hybridized carbons (Fsp3) is 0.0952. The van der Waals surface area contributed by atoms with Crippen LogP contribution in [0.2, 0.25) is 0 Å². The average molecular weight is 343 g/mol. The number of anilines is 1. The second-order valence-electron chi connectivity index (χ2n) is 6.09. The van der Waals surface area contributed by atoms with E-state index in [0.717, 1.165) is 27.9 Å². The number of rotatable bonds is 3. The van der Waals surface area contributed by atoms with Gasteiger partial charge >= 0.3 is 0 Å². The van der Waals surface area contributed by atoms with Crippen LogP contribution < -0.4 is 4.90 Å². The van der Waals surface area contributed by atoms with Gasteiger partial charge in [0, 0.05) is 30.7 Å². The van der Waals surface area contributed by atoms with Crippen molar-refractivity contribution in [3.63, 3.8) is 0 Å². The van der Waals surface area contributed by atoms with Crippen LogP contribution >= 0.6 is 0 Å². The molecule has 0 spiro atoms. The van der Waals surface area contributed by atoms with Crippen molar-refractivity contribution in [3.05, 3.63) is 78.1 Å². The van der Waals surface area contributed by atoms with E-state index in [0.29, 0.717) is 11.5 Å². The van der Waals surface area contributed by atoms with E-state index in [-0.39, 0.29) is 5.91 Å². The maximum Gasteiger partial charge on any atom is 0.259 e. The molecule has 0 bridgehead atoms. The second kappa shape index (κ2) is 6.44. The lowest BCUT2D eigenvalue weighted by Crippen LogP contribution is -2.26. The highest BCUT2D eigenvalue weighted by molar-refractivity contribution is 6.05. The van der Waals surface area contributed by atoms with Crippen LogP contribution in [0.1, 0.15) is 15.9 Å². The first-order valence-electron chi connectivity index (χ1n) is 8.28.